The highest BCUT2D eigenvalue weighted by Crippen LogP contribution is 2.47. The van der Waals surface area contributed by atoms with Gasteiger partial charge in [-0.3, -0.25) is 4.79 Å². The van der Waals surface area contributed by atoms with Crippen LogP contribution in [0, 0.1) is 23.6 Å². The number of nitrogens with one attached hydrogen (secondary N) is 1. The van der Waals surface area contributed by atoms with Gasteiger partial charge in [0.15, 0.2) is 0 Å². The minimum Gasteiger partial charge on any atom is -0.392 e. The normalized spacial score (nSPS) is 30.6. The zero-order valence-electron chi connectivity index (χ0n) is 11.9. The Labute approximate surface area is 123 Å². The number of hydrogen-bond donors (Lipinski definition) is 3. The molecule has 5 heteroatoms. The second kappa shape index (κ2) is 5.73. The van der Waals surface area contributed by atoms with Crippen molar-refractivity contribution < 1.29 is 14.3 Å². The first-order chi connectivity index (χ1) is 10.1. The Morgan fingerprint density at radius 2 is 2.14 bits per heavy atom. The molecule has 0 saturated heterocycles. The Morgan fingerprint density at radius 1 is 1.38 bits per heavy atom. The Morgan fingerprint density at radius 3 is 2.76 bits per heavy atom. The fourth-order valence-corrected chi connectivity index (χ4v) is 3.86. The smallest absolute Gasteiger partial charge is 0.225 e. The summed E-state index contributed by atoms with van der Waals surface area (Å²) in [6.07, 6.45) is 3.30. The van der Waals surface area contributed by atoms with Crippen molar-refractivity contribution in [3.05, 3.63) is 35.1 Å². The van der Waals surface area contributed by atoms with Gasteiger partial charge in [0, 0.05) is 18.2 Å². The molecule has 0 heterocycles. The summed E-state index contributed by atoms with van der Waals surface area (Å²) >= 11 is 0. The number of rotatable bonds is 4. The van der Waals surface area contributed by atoms with Crippen molar-refractivity contribution in [2.75, 3.05) is 0 Å². The van der Waals surface area contributed by atoms with Crippen LogP contribution in [-0.2, 0) is 17.9 Å². The zero-order chi connectivity index (χ0) is 15.0. The van der Waals surface area contributed by atoms with Gasteiger partial charge in [-0.05, 0) is 42.7 Å². The van der Waals surface area contributed by atoms with Crippen LogP contribution in [0.1, 0.15) is 30.4 Å². The lowest BCUT2D eigenvalue weighted by Crippen LogP contribution is -2.45. The molecule has 0 radical (unpaired) electrons. The molecule has 2 aliphatic rings. The van der Waals surface area contributed by atoms with Gasteiger partial charge in [-0.25, -0.2) is 4.39 Å². The number of aliphatic hydroxyl groups is 1. The van der Waals surface area contributed by atoms with Crippen LogP contribution >= 0.6 is 0 Å². The van der Waals surface area contributed by atoms with Crippen molar-refractivity contribution in [3.8, 4) is 0 Å². The van der Waals surface area contributed by atoms with Crippen molar-refractivity contribution in [1.29, 1.82) is 0 Å². The van der Waals surface area contributed by atoms with Crippen molar-refractivity contribution in [1.82, 2.24) is 5.32 Å². The van der Waals surface area contributed by atoms with Crippen molar-refractivity contribution >= 4 is 5.91 Å². The van der Waals surface area contributed by atoms with Gasteiger partial charge in [0.2, 0.25) is 5.91 Å². The van der Waals surface area contributed by atoms with Crippen molar-refractivity contribution in [3.63, 3.8) is 0 Å². The third-order valence-corrected chi connectivity index (χ3v) is 5.04. The van der Waals surface area contributed by atoms with Gasteiger partial charge in [-0.15, -0.1) is 0 Å². The predicted molar refractivity (Wildman–Crippen MR) is 76.5 cm³/mol. The molecule has 21 heavy (non-hydrogen) atoms. The van der Waals surface area contributed by atoms with E-state index >= 15 is 0 Å². The molecule has 0 aromatic heterocycles. The average molecular weight is 292 g/mol. The van der Waals surface area contributed by atoms with Gasteiger partial charge in [0.1, 0.15) is 5.82 Å². The molecule has 1 aromatic rings. The van der Waals surface area contributed by atoms with Gasteiger partial charge in [0.05, 0.1) is 12.5 Å². The Kier molecular flexibility index (Phi) is 3.95. The van der Waals surface area contributed by atoms with Crippen LogP contribution in [0.4, 0.5) is 4.39 Å². The maximum absolute atomic E-state index is 13.6. The minimum absolute atomic E-state index is 0.0126. The quantitative estimate of drug-likeness (QED) is 0.783. The van der Waals surface area contributed by atoms with Gasteiger partial charge in [-0.1, -0.05) is 12.1 Å². The molecule has 3 rings (SSSR count). The standard InChI is InChI=1S/C16H21FN2O2/c17-13-5-9(1-2-12(13)8-20)7-19-16(21)14-10-3-4-11(6-10)15(14)18/h1-2,5,10-11,14-15,20H,3-4,6-8,18H2,(H,19,21). The van der Waals surface area contributed by atoms with E-state index < -0.39 is 5.82 Å². The Hall–Kier alpha value is -1.46. The highest BCUT2D eigenvalue weighted by atomic mass is 19.1. The van der Waals surface area contributed by atoms with E-state index in [-0.39, 0.29) is 30.0 Å². The third-order valence-electron chi connectivity index (χ3n) is 5.04. The number of aliphatic hydroxyl groups excluding tert-OH is 1. The molecule has 2 fully saturated rings. The first kappa shape index (κ1) is 14.5. The molecule has 114 valence electrons. The van der Waals surface area contributed by atoms with E-state index in [1.54, 1.807) is 12.1 Å². The monoisotopic (exact) mass is 292 g/mol. The molecular weight excluding hydrogens is 271 g/mol. The molecule has 2 bridgehead atoms. The highest BCUT2D eigenvalue weighted by molar-refractivity contribution is 5.80. The molecule has 4 atom stereocenters. The summed E-state index contributed by atoms with van der Waals surface area (Å²) in [5.41, 5.74) is 7.10. The van der Waals surface area contributed by atoms with Gasteiger partial charge in [0.25, 0.3) is 0 Å². The average Bonchev–Trinajstić information content (AvgIpc) is 3.06. The van der Waals surface area contributed by atoms with Gasteiger partial charge in [-0.2, -0.15) is 0 Å². The lowest BCUT2D eigenvalue weighted by molar-refractivity contribution is -0.127. The second-order valence-electron chi connectivity index (χ2n) is 6.24. The summed E-state index contributed by atoms with van der Waals surface area (Å²) in [6, 6.07) is 4.58. The maximum atomic E-state index is 13.6. The van der Waals surface area contributed by atoms with Crippen molar-refractivity contribution in [2.24, 2.45) is 23.5 Å². The van der Waals surface area contributed by atoms with E-state index in [0.717, 1.165) is 19.3 Å². The molecule has 2 aliphatic carbocycles. The molecule has 4 unspecified atom stereocenters. The molecule has 2 saturated carbocycles. The molecule has 0 aliphatic heterocycles. The summed E-state index contributed by atoms with van der Waals surface area (Å²) in [4.78, 5) is 12.3. The van der Waals surface area contributed by atoms with Crippen LogP contribution < -0.4 is 11.1 Å². The van der Waals surface area contributed by atoms with E-state index in [2.05, 4.69) is 5.32 Å². The fraction of sp³-hybridized carbons (Fsp3) is 0.562. The van der Waals surface area contributed by atoms with Crippen LogP contribution in [0.3, 0.4) is 0 Å². The number of benzene rings is 1. The predicted octanol–water partition coefficient (Wildman–Crippen LogP) is 1.31. The lowest BCUT2D eigenvalue weighted by atomic mass is 9.84. The second-order valence-corrected chi connectivity index (χ2v) is 6.24. The van der Waals surface area contributed by atoms with Crippen LogP contribution in [0.2, 0.25) is 0 Å². The summed E-state index contributed by atoms with van der Waals surface area (Å²) in [7, 11) is 0. The molecule has 1 amide bonds. The zero-order valence-corrected chi connectivity index (χ0v) is 11.9. The summed E-state index contributed by atoms with van der Waals surface area (Å²) in [5, 5.41) is 11.8. The summed E-state index contributed by atoms with van der Waals surface area (Å²) < 4.78 is 13.6. The SMILES string of the molecule is NC1C2CCC(C2)C1C(=O)NCc1ccc(CO)c(F)c1. The molecule has 0 spiro atoms. The molecular formula is C16H21FN2O2. The van der Waals surface area contributed by atoms with Gasteiger partial charge >= 0.3 is 0 Å². The molecule has 1 aromatic carbocycles. The number of fused-ring (bicyclic) bond motifs is 2. The minimum atomic E-state index is -0.444. The van der Waals surface area contributed by atoms with Crippen LogP contribution in [0.25, 0.3) is 0 Å². The van der Waals surface area contributed by atoms with E-state index in [4.69, 9.17) is 10.8 Å². The van der Waals surface area contributed by atoms with E-state index in [1.165, 1.54) is 6.07 Å². The molecule has 4 N–H and O–H groups in total. The highest BCUT2D eigenvalue weighted by Gasteiger charge is 2.48. The third kappa shape index (κ3) is 2.68. The number of nitrogens with two attached hydrogens (primary N) is 1. The largest absolute Gasteiger partial charge is 0.392 e. The summed E-state index contributed by atoms with van der Waals surface area (Å²) in [5.74, 6) is 0.359. The number of hydrogen-bond acceptors (Lipinski definition) is 3. The number of carbonyl (C=O) groups excluding carboxylic acids is 1. The van der Waals surface area contributed by atoms with Crippen LogP contribution in [0.5, 0.6) is 0 Å². The van der Waals surface area contributed by atoms with Crippen LogP contribution in [-0.4, -0.2) is 17.1 Å². The maximum Gasteiger partial charge on any atom is 0.225 e. The van der Waals surface area contributed by atoms with Gasteiger partial charge < -0.3 is 16.2 Å². The summed E-state index contributed by atoms with van der Waals surface area (Å²) in [6.45, 7) is -0.0272. The fourth-order valence-electron chi connectivity index (χ4n) is 3.86. The Balaban J connectivity index is 1.60. The molecule has 4 nitrogen and oxygen atoms in total. The van der Waals surface area contributed by atoms with Crippen LogP contribution in [0.15, 0.2) is 18.2 Å². The van der Waals surface area contributed by atoms with Crippen molar-refractivity contribution in [2.45, 2.75) is 38.5 Å². The van der Waals surface area contributed by atoms with E-state index in [1.807, 2.05) is 0 Å². The van der Waals surface area contributed by atoms with E-state index in [0.29, 0.717) is 23.9 Å². The number of halogens is 1. The number of carbonyl (C=O) groups is 1. The Bertz CT molecular complexity index is 547. The first-order valence-electron chi connectivity index (χ1n) is 7.51. The number of amides is 1. The lowest BCUT2D eigenvalue weighted by Gasteiger charge is -2.27. The topological polar surface area (TPSA) is 75.4 Å². The first-order valence-corrected chi connectivity index (χ1v) is 7.51. The van der Waals surface area contributed by atoms with E-state index in [9.17, 15) is 9.18 Å².